The van der Waals surface area contributed by atoms with Gasteiger partial charge in [0.05, 0.1) is 31.5 Å². The molecule has 9 nitrogen and oxygen atoms in total. The summed E-state index contributed by atoms with van der Waals surface area (Å²) in [6.07, 6.45) is -10.1. The Labute approximate surface area is 146 Å². The molecule has 9 heteroatoms. The zero-order valence-electron chi connectivity index (χ0n) is 14.7. The normalized spacial score (nSPS) is 48.7. The Morgan fingerprint density at radius 3 is 1.96 bits per heavy atom. The van der Waals surface area contributed by atoms with Gasteiger partial charge in [-0.2, -0.15) is 0 Å². The van der Waals surface area contributed by atoms with E-state index in [1.54, 1.807) is 6.92 Å². The maximum atomic E-state index is 10.4. The Bertz CT molecular complexity index is 416. The van der Waals surface area contributed by atoms with Gasteiger partial charge in [0.15, 0.2) is 6.29 Å². The maximum Gasteiger partial charge on any atom is 0.187 e. The van der Waals surface area contributed by atoms with Crippen molar-refractivity contribution >= 4 is 0 Å². The Morgan fingerprint density at radius 2 is 1.44 bits per heavy atom. The van der Waals surface area contributed by atoms with Crippen molar-refractivity contribution in [1.29, 1.82) is 0 Å². The maximum absolute atomic E-state index is 10.4. The lowest BCUT2D eigenvalue weighted by Gasteiger charge is -2.47. The summed E-state index contributed by atoms with van der Waals surface area (Å²) in [4.78, 5) is 0. The number of aliphatic hydroxyl groups is 6. The monoisotopic (exact) mass is 366 g/mol. The lowest BCUT2D eigenvalue weighted by atomic mass is 9.88. The molecule has 10 atom stereocenters. The van der Waals surface area contributed by atoms with E-state index in [1.807, 2.05) is 13.8 Å². The highest BCUT2D eigenvalue weighted by molar-refractivity contribution is 4.95. The van der Waals surface area contributed by atoms with E-state index >= 15 is 0 Å². The van der Waals surface area contributed by atoms with Crippen LogP contribution in [-0.2, 0) is 14.2 Å². The predicted octanol–water partition coefficient (Wildman–Crippen LogP) is -2.42. The highest BCUT2D eigenvalue weighted by Gasteiger charge is 2.50. The first-order chi connectivity index (χ1) is 11.7. The molecule has 2 saturated heterocycles. The molecule has 2 heterocycles. The van der Waals surface area contributed by atoms with Crippen LogP contribution in [0.15, 0.2) is 0 Å². The van der Waals surface area contributed by atoms with Crippen LogP contribution in [0, 0.1) is 11.8 Å². The second-order valence-corrected chi connectivity index (χ2v) is 7.21. The van der Waals surface area contributed by atoms with Gasteiger partial charge < -0.3 is 44.8 Å². The third kappa shape index (κ3) is 4.15. The van der Waals surface area contributed by atoms with Crippen LogP contribution in [0.3, 0.4) is 0 Å². The molecule has 0 radical (unpaired) electrons. The highest BCUT2D eigenvalue weighted by atomic mass is 16.7. The third-order valence-electron chi connectivity index (χ3n) is 5.09. The smallest absolute Gasteiger partial charge is 0.187 e. The van der Waals surface area contributed by atoms with Crippen molar-refractivity contribution in [1.82, 2.24) is 0 Å². The molecule has 0 amide bonds. The van der Waals surface area contributed by atoms with Crippen molar-refractivity contribution < 1.29 is 44.8 Å². The van der Waals surface area contributed by atoms with Gasteiger partial charge in [-0.3, -0.25) is 0 Å². The molecule has 2 aliphatic heterocycles. The van der Waals surface area contributed by atoms with E-state index in [9.17, 15) is 30.6 Å². The lowest BCUT2D eigenvalue weighted by Crippen LogP contribution is -2.63. The summed E-state index contributed by atoms with van der Waals surface area (Å²) < 4.78 is 16.7. The average Bonchev–Trinajstić information content (AvgIpc) is 2.58. The van der Waals surface area contributed by atoms with Crippen molar-refractivity contribution in [3.8, 4) is 0 Å². The predicted molar refractivity (Wildman–Crippen MR) is 84.4 cm³/mol. The highest BCUT2D eigenvalue weighted by Crippen LogP contribution is 2.32. The van der Waals surface area contributed by atoms with Crippen LogP contribution in [0.25, 0.3) is 0 Å². The van der Waals surface area contributed by atoms with E-state index in [4.69, 9.17) is 14.2 Å². The average molecular weight is 366 g/mol. The zero-order chi connectivity index (χ0) is 18.9. The number of ether oxygens (including phenoxy) is 3. The van der Waals surface area contributed by atoms with E-state index in [2.05, 4.69) is 0 Å². The molecule has 2 fully saturated rings. The van der Waals surface area contributed by atoms with Crippen LogP contribution in [0.1, 0.15) is 20.8 Å². The second kappa shape index (κ2) is 8.55. The van der Waals surface area contributed by atoms with E-state index in [0.29, 0.717) is 0 Å². The standard InChI is InChI=1S/C16H30O9/c1-6(2)14-11(20)12(21)15(9(5-18)23-14)25-16-13(22)10(19)7(3)8(4-17)24-16/h6-22H,4-5H2,1-3H3/t7-,8-,9-,10+,11-,12-,13-,14+,15+,16-/m1/s1. The van der Waals surface area contributed by atoms with Crippen LogP contribution in [0.2, 0.25) is 0 Å². The molecule has 2 rings (SSSR count). The summed E-state index contributed by atoms with van der Waals surface area (Å²) in [7, 11) is 0. The third-order valence-corrected chi connectivity index (χ3v) is 5.09. The molecule has 0 aromatic rings. The number of hydrogen-bond donors (Lipinski definition) is 6. The van der Waals surface area contributed by atoms with Gasteiger partial charge in [-0.05, 0) is 5.92 Å². The fourth-order valence-corrected chi connectivity index (χ4v) is 3.38. The molecule has 0 bridgehead atoms. The van der Waals surface area contributed by atoms with E-state index < -0.39 is 67.6 Å². The molecular formula is C16H30O9. The van der Waals surface area contributed by atoms with Crippen molar-refractivity contribution in [2.45, 2.75) is 75.9 Å². The Kier molecular flexibility index (Phi) is 7.17. The Balaban J connectivity index is 2.14. The Hall–Kier alpha value is -0.360. The van der Waals surface area contributed by atoms with Crippen molar-refractivity contribution in [2.24, 2.45) is 11.8 Å². The first-order valence-corrected chi connectivity index (χ1v) is 8.63. The fourth-order valence-electron chi connectivity index (χ4n) is 3.38. The van der Waals surface area contributed by atoms with Gasteiger partial charge in [0, 0.05) is 5.92 Å². The molecule has 0 unspecified atom stereocenters. The fraction of sp³-hybridized carbons (Fsp3) is 1.00. The molecule has 0 spiro atoms. The first-order valence-electron chi connectivity index (χ1n) is 8.63. The molecule has 0 aromatic heterocycles. The lowest BCUT2D eigenvalue weighted by molar-refractivity contribution is -0.337. The molecule has 0 aliphatic carbocycles. The summed E-state index contributed by atoms with van der Waals surface area (Å²) in [5.41, 5.74) is 0. The van der Waals surface area contributed by atoms with Gasteiger partial charge in [-0.25, -0.2) is 0 Å². The largest absolute Gasteiger partial charge is 0.394 e. The minimum atomic E-state index is -1.41. The molecular weight excluding hydrogens is 336 g/mol. The topological polar surface area (TPSA) is 149 Å². The van der Waals surface area contributed by atoms with Crippen molar-refractivity contribution in [3.05, 3.63) is 0 Å². The van der Waals surface area contributed by atoms with Crippen LogP contribution < -0.4 is 0 Å². The van der Waals surface area contributed by atoms with Crippen LogP contribution in [-0.4, -0.2) is 99.0 Å². The number of aliphatic hydroxyl groups excluding tert-OH is 6. The van der Waals surface area contributed by atoms with Gasteiger partial charge in [0.1, 0.15) is 30.5 Å². The molecule has 25 heavy (non-hydrogen) atoms. The molecule has 0 saturated carbocycles. The molecule has 148 valence electrons. The summed E-state index contributed by atoms with van der Waals surface area (Å²) >= 11 is 0. The van der Waals surface area contributed by atoms with E-state index in [1.165, 1.54) is 0 Å². The van der Waals surface area contributed by atoms with Crippen LogP contribution in [0.5, 0.6) is 0 Å². The first kappa shape index (κ1) is 20.9. The SMILES string of the molecule is CC(C)[C@@H]1O[C@H](CO)[C@H](O[C@H]2O[C@H](CO)[C@@H](C)[C@H](O)[C@H]2O)[C@H](O)[C@H]1O. The van der Waals surface area contributed by atoms with Crippen molar-refractivity contribution in [2.75, 3.05) is 13.2 Å². The van der Waals surface area contributed by atoms with Gasteiger partial charge in [0.25, 0.3) is 0 Å². The van der Waals surface area contributed by atoms with E-state index in [-0.39, 0.29) is 12.5 Å². The molecule has 0 aromatic carbocycles. The minimum absolute atomic E-state index is 0.0994. The van der Waals surface area contributed by atoms with Gasteiger partial charge in [-0.1, -0.05) is 20.8 Å². The van der Waals surface area contributed by atoms with Gasteiger partial charge in [0.2, 0.25) is 0 Å². The van der Waals surface area contributed by atoms with Gasteiger partial charge in [-0.15, -0.1) is 0 Å². The summed E-state index contributed by atoms with van der Waals surface area (Å²) in [6, 6.07) is 0. The summed E-state index contributed by atoms with van der Waals surface area (Å²) in [6.45, 7) is 4.40. The molecule has 2 aliphatic rings. The summed E-state index contributed by atoms with van der Waals surface area (Å²) in [5.74, 6) is -0.616. The van der Waals surface area contributed by atoms with E-state index in [0.717, 1.165) is 0 Å². The Morgan fingerprint density at radius 1 is 0.840 bits per heavy atom. The summed E-state index contributed by atoms with van der Waals surface area (Å²) in [5, 5.41) is 59.8. The number of hydrogen-bond acceptors (Lipinski definition) is 9. The van der Waals surface area contributed by atoms with Crippen LogP contribution in [0.4, 0.5) is 0 Å². The van der Waals surface area contributed by atoms with Crippen LogP contribution >= 0.6 is 0 Å². The van der Waals surface area contributed by atoms with Gasteiger partial charge >= 0.3 is 0 Å². The second-order valence-electron chi connectivity index (χ2n) is 7.21. The minimum Gasteiger partial charge on any atom is -0.394 e. The zero-order valence-corrected chi connectivity index (χ0v) is 14.7. The number of rotatable bonds is 5. The van der Waals surface area contributed by atoms with Crippen molar-refractivity contribution in [3.63, 3.8) is 0 Å². The molecule has 6 N–H and O–H groups in total. The quantitative estimate of drug-likeness (QED) is 0.313.